The number of nitrogens with one attached hydrogen (secondary N) is 1. The van der Waals surface area contributed by atoms with Crippen molar-refractivity contribution in [3.05, 3.63) is 71.0 Å². The van der Waals surface area contributed by atoms with Gasteiger partial charge in [0.2, 0.25) is 5.91 Å². The van der Waals surface area contributed by atoms with Crippen LogP contribution in [0.25, 0.3) is 0 Å². The molecule has 0 aliphatic rings. The van der Waals surface area contributed by atoms with E-state index in [9.17, 15) is 9.18 Å². The predicted molar refractivity (Wildman–Crippen MR) is 77.9 cm³/mol. The molecule has 2 aromatic rings. The number of carbonyl (C=O) groups is 1. The summed E-state index contributed by atoms with van der Waals surface area (Å²) in [7, 11) is 0. The maximum absolute atomic E-state index is 12.7. The molecule has 0 heterocycles. The van der Waals surface area contributed by atoms with Gasteiger partial charge in [-0.25, -0.2) is 4.39 Å². The van der Waals surface area contributed by atoms with Crippen LogP contribution in [0.4, 0.5) is 4.39 Å². The molecule has 1 N–H and O–H groups in total. The summed E-state index contributed by atoms with van der Waals surface area (Å²) in [6.07, 6.45) is 0.250. The molecule has 1 amide bonds. The van der Waals surface area contributed by atoms with Gasteiger partial charge in [0.1, 0.15) is 5.82 Å². The van der Waals surface area contributed by atoms with Crippen molar-refractivity contribution >= 4 is 17.5 Å². The van der Waals surface area contributed by atoms with E-state index in [4.69, 9.17) is 11.6 Å². The summed E-state index contributed by atoms with van der Waals surface area (Å²) < 4.78 is 12.7. The summed E-state index contributed by atoms with van der Waals surface area (Å²) in [4.78, 5) is 11.8. The minimum absolute atomic E-state index is 0.0852. The maximum atomic E-state index is 12.7. The van der Waals surface area contributed by atoms with E-state index in [1.54, 1.807) is 12.1 Å². The van der Waals surface area contributed by atoms with Gasteiger partial charge in [-0.3, -0.25) is 4.79 Å². The molecule has 20 heavy (non-hydrogen) atoms. The smallest absolute Gasteiger partial charge is 0.224 e. The molecule has 0 spiro atoms. The molecule has 0 fully saturated rings. The monoisotopic (exact) mass is 291 g/mol. The second-order valence-electron chi connectivity index (χ2n) is 4.53. The molecule has 104 valence electrons. The third-order valence-corrected chi connectivity index (χ3v) is 3.25. The zero-order chi connectivity index (χ0) is 14.4. The number of hydrogen-bond donors (Lipinski definition) is 1. The molecule has 0 radical (unpaired) electrons. The minimum atomic E-state index is -0.298. The van der Waals surface area contributed by atoms with E-state index in [-0.39, 0.29) is 18.1 Å². The summed E-state index contributed by atoms with van der Waals surface area (Å²) in [5.74, 6) is 0.101. The second-order valence-corrected chi connectivity index (χ2v) is 4.80. The van der Waals surface area contributed by atoms with E-state index < -0.39 is 0 Å². The Bertz CT molecular complexity index is 566. The highest BCUT2D eigenvalue weighted by Crippen LogP contribution is 2.07. The molecule has 0 bridgehead atoms. The summed E-state index contributed by atoms with van der Waals surface area (Å²) in [6, 6.07) is 13.7. The summed E-state index contributed by atoms with van der Waals surface area (Å²) in [5.41, 5.74) is 2.86. The Kier molecular flexibility index (Phi) is 5.13. The van der Waals surface area contributed by atoms with Crippen LogP contribution < -0.4 is 5.32 Å². The van der Waals surface area contributed by atoms with E-state index in [2.05, 4.69) is 5.32 Å². The summed E-state index contributed by atoms with van der Waals surface area (Å²) >= 11 is 5.71. The number of carbonyl (C=O) groups excluding carboxylic acids is 1. The standard InChI is InChI=1S/C16H15ClFNO/c17-10-13-1-3-14(4-2-13)11-19-16(20)9-12-5-7-15(18)8-6-12/h1-8H,9-11H2,(H,19,20). The Labute approximate surface area is 122 Å². The molecular weight excluding hydrogens is 277 g/mol. The Morgan fingerprint density at radius 1 is 0.950 bits per heavy atom. The van der Waals surface area contributed by atoms with E-state index in [1.165, 1.54) is 12.1 Å². The van der Waals surface area contributed by atoms with Gasteiger partial charge in [-0.2, -0.15) is 0 Å². The first-order chi connectivity index (χ1) is 9.67. The SMILES string of the molecule is O=C(Cc1ccc(F)cc1)NCc1ccc(CCl)cc1. The van der Waals surface area contributed by atoms with E-state index in [0.29, 0.717) is 12.4 Å². The van der Waals surface area contributed by atoms with Gasteiger partial charge in [-0.1, -0.05) is 36.4 Å². The van der Waals surface area contributed by atoms with Crippen LogP contribution in [-0.2, 0) is 23.6 Å². The third-order valence-electron chi connectivity index (χ3n) is 2.94. The van der Waals surface area contributed by atoms with Crippen LogP contribution in [0.15, 0.2) is 48.5 Å². The fourth-order valence-corrected chi connectivity index (χ4v) is 1.98. The zero-order valence-electron chi connectivity index (χ0n) is 10.9. The molecule has 2 nitrogen and oxygen atoms in total. The topological polar surface area (TPSA) is 29.1 Å². The highest BCUT2D eigenvalue weighted by atomic mass is 35.5. The Morgan fingerprint density at radius 3 is 2.10 bits per heavy atom. The molecule has 0 aromatic heterocycles. The van der Waals surface area contributed by atoms with E-state index >= 15 is 0 Å². The lowest BCUT2D eigenvalue weighted by Crippen LogP contribution is -2.24. The highest BCUT2D eigenvalue weighted by molar-refractivity contribution is 6.17. The van der Waals surface area contributed by atoms with Crippen molar-refractivity contribution in [3.8, 4) is 0 Å². The third kappa shape index (κ3) is 4.35. The van der Waals surface area contributed by atoms with Gasteiger partial charge in [0.15, 0.2) is 0 Å². The van der Waals surface area contributed by atoms with Gasteiger partial charge in [0, 0.05) is 12.4 Å². The van der Waals surface area contributed by atoms with Crippen LogP contribution in [-0.4, -0.2) is 5.91 Å². The first-order valence-electron chi connectivity index (χ1n) is 6.32. The second kappa shape index (κ2) is 7.06. The molecule has 0 aliphatic heterocycles. The quantitative estimate of drug-likeness (QED) is 0.840. The van der Waals surface area contributed by atoms with Crippen LogP contribution in [0.2, 0.25) is 0 Å². The van der Waals surface area contributed by atoms with Gasteiger partial charge in [0.25, 0.3) is 0 Å². The number of alkyl halides is 1. The molecule has 4 heteroatoms. The Balaban J connectivity index is 1.83. The lowest BCUT2D eigenvalue weighted by Gasteiger charge is -2.06. The minimum Gasteiger partial charge on any atom is -0.352 e. The molecule has 2 rings (SSSR count). The van der Waals surface area contributed by atoms with Crippen molar-refractivity contribution in [1.82, 2.24) is 5.32 Å². The number of benzene rings is 2. The predicted octanol–water partition coefficient (Wildman–Crippen LogP) is 3.42. The fraction of sp³-hybridized carbons (Fsp3) is 0.188. The Morgan fingerprint density at radius 2 is 1.50 bits per heavy atom. The first kappa shape index (κ1) is 14.5. The molecular formula is C16H15ClFNO. The van der Waals surface area contributed by atoms with Crippen molar-refractivity contribution in [2.24, 2.45) is 0 Å². The van der Waals surface area contributed by atoms with Gasteiger partial charge in [0.05, 0.1) is 6.42 Å². The van der Waals surface area contributed by atoms with Crippen molar-refractivity contribution in [2.45, 2.75) is 18.8 Å². The van der Waals surface area contributed by atoms with E-state index in [1.807, 2.05) is 24.3 Å². The van der Waals surface area contributed by atoms with Crippen LogP contribution in [0.1, 0.15) is 16.7 Å². The van der Waals surface area contributed by atoms with Crippen molar-refractivity contribution in [3.63, 3.8) is 0 Å². The summed E-state index contributed by atoms with van der Waals surface area (Å²) in [5, 5.41) is 2.83. The molecule has 0 aliphatic carbocycles. The van der Waals surface area contributed by atoms with Crippen LogP contribution in [0.3, 0.4) is 0 Å². The van der Waals surface area contributed by atoms with Crippen molar-refractivity contribution in [2.75, 3.05) is 0 Å². The van der Waals surface area contributed by atoms with Crippen LogP contribution in [0.5, 0.6) is 0 Å². The lowest BCUT2D eigenvalue weighted by atomic mass is 10.1. The summed E-state index contributed by atoms with van der Waals surface area (Å²) in [6.45, 7) is 0.475. The fourth-order valence-electron chi connectivity index (χ4n) is 1.80. The van der Waals surface area contributed by atoms with Gasteiger partial charge in [-0.15, -0.1) is 11.6 Å². The van der Waals surface area contributed by atoms with Gasteiger partial charge < -0.3 is 5.32 Å². The average Bonchev–Trinajstić information content (AvgIpc) is 2.48. The molecule has 0 unspecified atom stereocenters. The normalized spacial score (nSPS) is 10.3. The Hall–Kier alpha value is -1.87. The number of halogens is 2. The van der Waals surface area contributed by atoms with E-state index in [0.717, 1.165) is 16.7 Å². The van der Waals surface area contributed by atoms with Gasteiger partial charge >= 0.3 is 0 Å². The molecule has 2 aromatic carbocycles. The number of rotatable bonds is 5. The molecule has 0 atom stereocenters. The van der Waals surface area contributed by atoms with Crippen LogP contribution >= 0.6 is 11.6 Å². The van der Waals surface area contributed by atoms with Crippen molar-refractivity contribution < 1.29 is 9.18 Å². The lowest BCUT2D eigenvalue weighted by molar-refractivity contribution is -0.120. The average molecular weight is 292 g/mol. The van der Waals surface area contributed by atoms with Gasteiger partial charge in [-0.05, 0) is 28.8 Å². The number of hydrogen-bond acceptors (Lipinski definition) is 1. The zero-order valence-corrected chi connectivity index (χ0v) is 11.7. The largest absolute Gasteiger partial charge is 0.352 e. The van der Waals surface area contributed by atoms with Crippen LogP contribution in [0, 0.1) is 5.82 Å². The highest BCUT2D eigenvalue weighted by Gasteiger charge is 2.03. The maximum Gasteiger partial charge on any atom is 0.224 e. The van der Waals surface area contributed by atoms with Crippen molar-refractivity contribution in [1.29, 1.82) is 0 Å². The number of amides is 1. The molecule has 0 saturated heterocycles. The first-order valence-corrected chi connectivity index (χ1v) is 6.86. The molecule has 0 saturated carbocycles.